The summed E-state index contributed by atoms with van der Waals surface area (Å²) in [6.07, 6.45) is 0. The lowest BCUT2D eigenvalue weighted by Crippen LogP contribution is -2.49. The van der Waals surface area contributed by atoms with Gasteiger partial charge in [-0.2, -0.15) is 0 Å². The molecule has 0 spiro atoms. The van der Waals surface area contributed by atoms with Crippen LogP contribution in [-0.4, -0.2) is 76.2 Å². The van der Waals surface area contributed by atoms with E-state index in [0.29, 0.717) is 5.30 Å². The van der Waals surface area contributed by atoms with Gasteiger partial charge in [-0.05, 0) is 13.8 Å². The summed E-state index contributed by atoms with van der Waals surface area (Å²) in [4.78, 5) is 53.0. The molecule has 1 aromatic carbocycles. The maximum atomic E-state index is 13.6. The van der Waals surface area contributed by atoms with Crippen molar-refractivity contribution in [2.45, 2.75) is 19.2 Å². The van der Waals surface area contributed by atoms with Gasteiger partial charge >= 0.3 is 23.9 Å². The van der Waals surface area contributed by atoms with Crippen molar-refractivity contribution in [3.05, 3.63) is 41.5 Å². The summed E-state index contributed by atoms with van der Waals surface area (Å²) >= 11 is 0. The quantitative estimate of drug-likeness (QED) is 0.288. The van der Waals surface area contributed by atoms with Gasteiger partial charge in [-0.15, -0.1) is 0 Å². The SMILES string of the molecule is CCOC1(C(=O)OC)C(C(=O)OC)=C(C(=O)OC)C(C(=O)OC)=P1(OCC)c1ccccc1. The zero-order valence-electron chi connectivity index (χ0n) is 19.3. The number of ether oxygens (including phenoxy) is 5. The van der Waals surface area contributed by atoms with Gasteiger partial charge in [0.25, 0.3) is 0 Å². The average Bonchev–Trinajstić information content (AvgIpc) is 3.11. The van der Waals surface area contributed by atoms with Gasteiger partial charge in [-0.3, -0.25) is 0 Å². The Bertz CT molecular complexity index is 1030. The Morgan fingerprint density at radius 2 is 1.36 bits per heavy atom. The molecular formula is C22H27O10P. The molecule has 0 amide bonds. The first kappa shape index (κ1) is 26.3. The predicted molar refractivity (Wildman–Crippen MR) is 119 cm³/mol. The molecule has 0 N–H and O–H groups in total. The summed E-state index contributed by atoms with van der Waals surface area (Å²) in [5.41, 5.74) is -1.06. The molecule has 33 heavy (non-hydrogen) atoms. The van der Waals surface area contributed by atoms with Gasteiger partial charge in [0.05, 0.1) is 41.1 Å². The van der Waals surface area contributed by atoms with E-state index in [4.69, 9.17) is 28.2 Å². The maximum absolute atomic E-state index is 13.6. The largest absolute Gasteiger partial charge is 0.466 e. The van der Waals surface area contributed by atoms with Crippen LogP contribution in [0.4, 0.5) is 0 Å². The van der Waals surface area contributed by atoms with E-state index in [1.165, 1.54) is 0 Å². The Kier molecular flexibility index (Phi) is 8.60. The second-order valence-corrected chi connectivity index (χ2v) is 9.57. The van der Waals surface area contributed by atoms with Crippen LogP contribution in [0.25, 0.3) is 0 Å². The number of hydrogen-bond acceptors (Lipinski definition) is 10. The van der Waals surface area contributed by atoms with Crippen molar-refractivity contribution in [3.63, 3.8) is 0 Å². The van der Waals surface area contributed by atoms with Gasteiger partial charge < -0.3 is 28.2 Å². The maximum Gasteiger partial charge on any atom is 0.350 e. The van der Waals surface area contributed by atoms with Crippen LogP contribution in [0.15, 0.2) is 41.5 Å². The van der Waals surface area contributed by atoms with Crippen LogP contribution in [-0.2, 0) is 47.4 Å². The van der Waals surface area contributed by atoms with Crippen LogP contribution in [0.5, 0.6) is 0 Å². The molecule has 10 nitrogen and oxygen atoms in total. The van der Waals surface area contributed by atoms with Gasteiger partial charge in [0.15, 0.2) is 0 Å². The molecule has 180 valence electrons. The van der Waals surface area contributed by atoms with Gasteiger partial charge in [0, 0.05) is 18.5 Å². The molecule has 0 saturated heterocycles. The van der Waals surface area contributed by atoms with E-state index in [9.17, 15) is 19.2 Å². The van der Waals surface area contributed by atoms with Crippen molar-refractivity contribution in [3.8, 4) is 0 Å². The number of hydrogen-bond donors (Lipinski definition) is 0. The molecule has 0 radical (unpaired) electrons. The van der Waals surface area contributed by atoms with Crippen molar-refractivity contribution >= 4 is 41.6 Å². The van der Waals surface area contributed by atoms with Gasteiger partial charge in [-0.1, -0.05) is 30.3 Å². The number of benzene rings is 1. The second kappa shape index (κ2) is 10.8. The van der Waals surface area contributed by atoms with Crippen LogP contribution in [0.2, 0.25) is 0 Å². The van der Waals surface area contributed by atoms with Crippen molar-refractivity contribution in [2.75, 3.05) is 41.7 Å². The number of methoxy groups -OCH3 is 4. The van der Waals surface area contributed by atoms with E-state index >= 15 is 0 Å². The molecule has 0 fully saturated rings. The molecule has 0 bridgehead atoms. The minimum Gasteiger partial charge on any atom is -0.466 e. The lowest BCUT2D eigenvalue weighted by atomic mass is 9.99. The van der Waals surface area contributed by atoms with Crippen LogP contribution in [0.3, 0.4) is 0 Å². The summed E-state index contributed by atoms with van der Waals surface area (Å²) in [6, 6.07) is 8.26. The summed E-state index contributed by atoms with van der Waals surface area (Å²) in [7, 11) is 0.447. The fourth-order valence-corrected chi connectivity index (χ4v) is 8.32. The third-order valence-corrected chi connectivity index (χ3v) is 9.13. The zero-order valence-corrected chi connectivity index (χ0v) is 20.2. The highest BCUT2D eigenvalue weighted by Crippen LogP contribution is 2.69. The Morgan fingerprint density at radius 1 is 0.788 bits per heavy atom. The summed E-state index contributed by atoms with van der Waals surface area (Å²) in [6.45, 7) is 3.10. The Morgan fingerprint density at radius 3 is 1.82 bits per heavy atom. The Labute approximate surface area is 191 Å². The number of rotatable bonds is 9. The molecule has 0 aliphatic carbocycles. The summed E-state index contributed by atoms with van der Waals surface area (Å²) in [5, 5.41) is -2.34. The minimum atomic E-state index is -3.89. The number of esters is 4. The lowest BCUT2D eigenvalue weighted by Gasteiger charge is -2.40. The highest BCUT2D eigenvalue weighted by atomic mass is 31.2. The smallest absolute Gasteiger partial charge is 0.350 e. The van der Waals surface area contributed by atoms with Crippen molar-refractivity contribution in [2.24, 2.45) is 0 Å². The first-order valence-electron chi connectivity index (χ1n) is 9.98. The van der Waals surface area contributed by atoms with Gasteiger partial charge in [-0.25, -0.2) is 19.2 Å². The third-order valence-electron chi connectivity index (χ3n) is 5.00. The second-order valence-electron chi connectivity index (χ2n) is 6.50. The number of carbonyl (C=O) groups is 4. The van der Waals surface area contributed by atoms with E-state index < -0.39 is 47.5 Å². The minimum absolute atomic E-state index is 0.0160. The third kappa shape index (κ3) is 3.88. The van der Waals surface area contributed by atoms with E-state index in [0.717, 1.165) is 28.4 Å². The lowest BCUT2D eigenvalue weighted by molar-refractivity contribution is -0.159. The van der Waals surface area contributed by atoms with E-state index in [1.54, 1.807) is 44.2 Å². The molecule has 1 heterocycles. The van der Waals surface area contributed by atoms with Crippen LogP contribution in [0.1, 0.15) is 13.8 Å². The Hall–Kier alpha value is -2.94. The van der Waals surface area contributed by atoms with Gasteiger partial charge in [0.2, 0.25) is 5.34 Å². The van der Waals surface area contributed by atoms with E-state index in [1.807, 2.05) is 0 Å². The van der Waals surface area contributed by atoms with Crippen LogP contribution >= 0.6 is 7.11 Å². The van der Waals surface area contributed by atoms with E-state index in [2.05, 4.69) is 0 Å². The molecule has 1 aliphatic rings. The monoisotopic (exact) mass is 482 g/mol. The standard InChI is InChI=1S/C22H27O10P/c1-7-31-22(21(26)30-6)16(19(24)28-4)15(18(23)27-3)17(20(25)29-5)33(22,32-8-2)14-12-10-9-11-13-14/h9-13H,7-8H2,1-6H3. The first-order valence-corrected chi connectivity index (χ1v) is 11.7. The Balaban J connectivity index is 3.37. The molecule has 0 saturated carbocycles. The predicted octanol–water partition coefficient (Wildman–Crippen LogP) is 1.19. The topological polar surface area (TPSA) is 124 Å². The van der Waals surface area contributed by atoms with Crippen molar-refractivity contribution in [1.82, 2.24) is 0 Å². The van der Waals surface area contributed by atoms with E-state index in [-0.39, 0.29) is 18.5 Å². The molecule has 2 atom stereocenters. The normalized spacial score (nSPS) is 22.1. The molecule has 2 unspecified atom stereocenters. The molecule has 11 heteroatoms. The molecule has 1 aliphatic heterocycles. The van der Waals surface area contributed by atoms with Crippen LogP contribution in [0, 0.1) is 0 Å². The zero-order chi connectivity index (χ0) is 24.8. The summed E-state index contributed by atoms with van der Waals surface area (Å²) < 4.78 is 32.2. The van der Waals surface area contributed by atoms with Crippen molar-refractivity contribution < 1.29 is 47.4 Å². The molecule has 0 aromatic heterocycles. The number of carbonyl (C=O) groups excluding carboxylic acids is 4. The fraction of sp³-hybridized carbons (Fsp3) is 0.409. The highest BCUT2D eigenvalue weighted by molar-refractivity contribution is 7.83. The van der Waals surface area contributed by atoms with Crippen molar-refractivity contribution in [1.29, 1.82) is 0 Å². The molecular weight excluding hydrogens is 455 g/mol. The first-order chi connectivity index (χ1) is 15.8. The average molecular weight is 482 g/mol. The summed E-state index contributed by atoms with van der Waals surface area (Å²) in [5.74, 6) is -4.20. The van der Waals surface area contributed by atoms with Gasteiger partial charge in [0.1, 0.15) is 10.9 Å². The highest BCUT2D eigenvalue weighted by Gasteiger charge is 2.68. The fourth-order valence-electron chi connectivity index (χ4n) is 3.90. The molecule has 1 aromatic rings. The molecule has 2 rings (SSSR count). The van der Waals surface area contributed by atoms with Crippen LogP contribution < -0.4 is 5.30 Å².